The Morgan fingerprint density at radius 3 is 2.72 bits per heavy atom. The molecule has 156 valence electrons. The molecular weight excluding hydrogens is 366 g/mol. The number of nitrogens with zero attached hydrogens (tertiary/aromatic N) is 5. The second kappa shape index (κ2) is 9.05. The van der Waals surface area contributed by atoms with Crippen LogP contribution in [0.15, 0.2) is 30.5 Å². The Morgan fingerprint density at radius 1 is 1.17 bits per heavy atom. The van der Waals surface area contributed by atoms with Crippen molar-refractivity contribution in [3.63, 3.8) is 0 Å². The van der Waals surface area contributed by atoms with Crippen LogP contribution in [0.2, 0.25) is 0 Å². The van der Waals surface area contributed by atoms with E-state index in [0.29, 0.717) is 24.2 Å². The summed E-state index contributed by atoms with van der Waals surface area (Å²) in [7, 11) is 0. The number of likely N-dealkylation sites (tertiary alicyclic amines) is 2. The van der Waals surface area contributed by atoms with Crippen molar-refractivity contribution in [1.82, 2.24) is 24.8 Å². The lowest BCUT2D eigenvalue weighted by Gasteiger charge is -2.42. The summed E-state index contributed by atoms with van der Waals surface area (Å²) in [6, 6.07) is 8.71. The van der Waals surface area contributed by atoms with Crippen LogP contribution in [0.4, 0.5) is 0 Å². The topological polar surface area (TPSA) is 74.5 Å². The summed E-state index contributed by atoms with van der Waals surface area (Å²) < 4.78 is 1.74. The van der Waals surface area contributed by atoms with Gasteiger partial charge in [0.2, 0.25) is 0 Å². The molecule has 1 unspecified atom stereocenters. The Balaban J connectivity index is 1.32. The highest BCUT2D eigenvalue weighted by molar-refractivity contribution is 5.92. The first kappa shape index (κ1) is 20.0. The Bertz CT molecular complexity index is 828. The van der Waals surface area contributed by atoms with Crippen LogP contribution < -0.4 is 0 Å². The highest BCUT2D eigenvalue weighted by Gasteiger charge is 2.31. The third kappa shape index (κ3) is 4.67. The van der Waals surface area contributed by atoms with Crippen molar-refractivity contribution in [2.75, 3.05) is 32.8 Å². The molecule has 0 spiro atoms. The van der Waals surface area contributed by atoms with E-state index in [0.717, 1.165) is 51.9 Å². The predicted octanol–water partition coefficient (Wildman–Crippen LogP) is 1.94. The zero-order valence-corrected chi connectivity index (χ0v) is 17.2. The molecule has 2 aliphatic heterocycles. The first-order valence-electron chi connectivity index (χ1n) is 10.7. The number of hydrogen-bond acceptors (Lipinski definition) is 5. The highest BCUT2D eigenvalue weighted by atomic mass is 16.3. The minimum atomic E-state index is -0.0219. The van der Waals surface area contributed by atoms with Gasteiger partial charge in [0, 0.05) is 32.3 Å². The molecule has 2 saturated heterocycles. The van der Waals surface area contributed by atoms with Gasteiger partial charge >= 0.3 is 0 Å². The van der Waals surface area contributed by atoms with Crippen molar-refractivity contribution >= 4 is 5.91 Å². The molecule has 7 heteroatoms. The number of aromatic nitrogens is 3. The zero-order chi connectivity index (χ0) is 20.2. The molecule has 29 heavy (non-hydrogen) atoms. The van der Waals surface area contributed by atoms with E-state index in [9.17, 15) is 9.90 Å². The molecular formula is C22H31N5O2. The van der Waals surface area contributed by atoms with Gasteiger partial charge in [-0.05, 0) is 56.2 Å². The molecule has 0 radical (unpaired) electrons. The maximum absolute atomic E-state index is 12.9. The van der Waals surface area contributed by atoms with Gasteiger partial charge in [0.25, 0.3) is 5.91 Å². The van der Waals surface area contributed by atoms with E-state index in [4.69, 9.17) is 0 Å². The first-order chi connectivity index (χ1) is 14.1. The van der Waals surface area contributed by atoms with Crippen molar-refractivity contribution < 1.29 is 9.90 Å². The second-order valence-corrected chi connectivity index (χ2v) is 8.44. The number of amides is 1. The standard InChI is InChI=1S/C22H31N5O2/c1-17-5-2-3-7-19(17)14-27-15-21(23-24-27)22(29)25-11-8-20(9-12-25)26-10-4-6-18(13-26)16-28/h2-3,5,7,15,18,20,28H,4,6,8-14,16H2,1H3. The molecule has 3 heterocycles. The molecule has 1 atom stereocenters. The number of carbonyl (C=O) groups excluding carboxylic acids is 1. The maximum atomic E-state index is 12.9. The van der Waals surface area contributed by atoms with Gasteiger partial charge in [0.1, 0.15) is 0 Å². The van der Waals surface area contributed by atoms with Gasteiger partial charge in [-0.2, -0.15) is 0 Å². The van der Waals surface area contributed by atoms with Gasteiger partial charge in [-0.25, -0.2) is 4.68 Å². The van der Waals surface area contributed by atoms with Crippen molar-refractivity contribution in [1.29, 1.82) is 0 Å². The van der Waals surface area contributed by atoms with Crippen LogP contribution >= 0.6 is 0 Å². The van der Waals surface area contributed by atoms with Crippen molar-refractivity contribution in [2.45, 2.75) is 45.2 Å². The van der Waals surface area contributed by atoms with Gasteiger partial charge in [-0.15, -0.1) is 5.10 Å². The molecule has 0 aliphatic carbocycles. The van der Waals surface area contributed by atoms with E-state index in [1.54, 1.807) is 10.9 Å². The van der Waals surface area contributed by atoms with E-state index < -0.39 is 0 Å². The van der Waals surface area contributed by atoms with Crippen LogP contribution in [0, 0.1) is 12.8 Å². The lowest BCUT2D eigenvalue weighted by atomic mass is 9.94. The van der Waals surface area contributed by atoms with E-state index in [-0.39, 0.29) is 12.5 Å². The smallest absolute Gasteiger partial charge is 0.276 e. The highest BCUT2D eigenvalue weighted by Crippen LogP contribution is 2.24. The number of carbonyl (C=O) groups is 1. The lowest BCUT2D eigenvalue weighted by molar-refractivity contribution is 0.0452. The summed E-state index contributed by atoms with van der Waals surface area (Å²) in [5, 5.41) is 17.8. The van der Waals surface area contributed by atoms with E-state index in [1.165, 1.54) is 11.1 Å². The SMILES string of the molecule is Cc1ccccc1Cn1cc(C(=O)N2CCC(N3CCCC(CO)C3)CC2)nn1. The molecule has 2 fully saturated rings. The third-order valence-corrected chi connectivity index (χ3v) is 6.43. The zero-order valence-electron chi connectivity index (χ0n) is 17.2. The minimum Gasteiger partial charge on any atom is -0.396 e. The monoisotopic (exact) mass is 397 g/mol. The number of piperidine rings is 2. The number of benzene rings is 1. The summed E-state index contributed by atoms with van der Waals surface area (Å²) in [4.78, 5) is 17.3. The van der Waals surface area contributed by atoms with Gasteiger partial charge in [0.05, 0.1) is 12.7 Å². The van der Waals surface area contributed by atoms with Gasteiger partial charge in [0.15, 0.2) is 5.69 Å². The summed E-state index contributed by atoms with van der Waals surface area (Å²) in [6.07, 6.45) is 6.02. The van der Waals surface area contributed by atoms with Gasteiger partial charge in [-0.3, -0.25) is 9.69 Å². The summed E-state index contributed by atoms with van der Waals surface area (Å²) in [5.74, 6) is 0.387. The fourth-order valence-corrected chi connectivity index (χ4v) is 4.61. The summed E-state index contributed by atoms with van der Waals surface area (Å²) in [5.41, 5.74) is 2.81. The quantitative estimate of drug-likeness (QED) is 0.835. The largest absolute Gasteiger partial charge is 0.396 e. The predicted molar refractivity (Wildman–Crippen MR) is 111 cm³/mol. The molecule has 1 N–H and O–H groups in total. The van der Waals surface area contributed by atoms with Crippen LogP contribution in [0.1, 0.15) is 47.3 Å². The molecule has 2 aromatic rings. The third-order valence-electron chi connectivity index (χ3n) is 6.43. The molecule has 7 nitrogen and oxygen atoms in total. The molecule has 0 saturated carbocycles. The lowest BCUT2D eigenvalue weighted by Crippen LogP contribution is -2.50. The number of hydrogen-bond donors (Lipinski definition) is 1. The molecule has 2 aliphatic rings. The van der Waals surface area contributed by atoms with Gasteiger partial charge in [-0.1, -0.05) is 29.5 Å². The second-order valence-electron chi connectivity index (χ2n) is 8.44. The average Bonchev–Trinajstić information content (AvgIpc) is 3.23. The average molecular weight is 398 g/mol. The molecule has 1 aromatic heterocycles. The summed E-state index contributed by atoms with van der Waals surface area (Å²) >= 11 is 0. The maximum Gasteiger partial charge on any atom is 0.276 e. The number of aliphatic hydroxyl groups excluding tert-OH is 1. The number of rotatable bonds is 5. The molecule has 0 bridgehead atoms. The van der Waals surface area contributed by atoms with Crippen LogP contribution in [0.25, 0.3) is 0 Å². The van der Waals surface area contributed by atoms with Crippen LogP contribution in [0.3, 0.4) is 0 Å². The fraction of sp³-hybridized carbons (Fsp3) is 0.591. The first-order valence-corrected chi connectivity index (χ1v) is 10.7. The van der Waals surface area contributed by atoms with E-state index in [1.807, 2.05) is 17.0 Å². The van der Waals surface area contributed by atoms with Crippen LogP contribution in [-0.4, -0.2) is 74.6 Å². The van der Waals surface area contributed by atoms with Crippen molar-refractivity contribution in [3.8, 4) is 0 Å². The van der Waals surface area contributed by atoms with E-state index >= 15 is 0 Å². The van der Waals surface area contributed by atoms with Crippen LogP contribution in [0.5, 0.6) is 0 Å². The number of aryl methyl sites for hydroxylation is 1. The normalized spacial score (nSPS) is 21.4. The number of aliphatic hydroxyl groups is 1. The van der Waals surface area contributed by atoms with Crippen LogP contribution in [-0.2, 0) is 6.54 Å². The Hall–Kier alpha value is -2.25. The Morgan fingerprint density at radius 2 is 1.97 bits per heavy atom. The Kier molecular flexibility index (Phi) is 6.25. The molecule has 1 amide bonds. The minimum absolute atomic E-state index is 0.0219. The van der Waals surface area contributed by atoms with E-state index in [2.05, 4.69) is 34.3 Å². The van der Waals surface area contributed by atoms with Gasteiger partial charge < -0.3 is 10.0 Å². The molecule has 4 rings (SSSR count). The van der Waals surface area contributed by atoms with Crippen molar-refractivity contribution in [3.05, 3.63) is 47.3 Å². The molecule has 1 aromatic carbocycles. The van der Waals surface area contributed by atoms with Crippen molar-refractivity contribution in [2.24, 2.45) is 5.92 Å². The fourth-order valence-electron chi connectivity index (χ4n) is 4.61. The Labute approximate surface area is 172 Å². The summed E-state index contributed by atoms with van der Waals surface area (Å²) in [6.45, 7) is 6.60.